The predicted molar refractivity (Wildman–Crippen MR) is 51.5 cm³/mol. The van der Waals surface area contributed by atoms with Crippen molar-refractivity contribution in [3.8, 4) is 0 Å². The van der Waals surface area contributed by atoms with Gasteiger partial charge in [-0.3, -0.25) is 0 Å². The van der Waals surface area contributed by atoms with Crippen LogP contribution < -0.4 is 0 Å². The maximum Gasteiger partial charge on any atom is 0.150 e. The van der Waals surface area contributed by atoms with Crippen LogP contribution in [0.5, 0.6) is 0 Å². The van der Waals surface area contributed by atoms with Gasteiger partial charge in [-0.25, -0.2) is 8.42 Å². The minimum atomic E-state index is -2.74. The zero-order chi connectivity index (χ0) is 9.73. The topological polar surface area (TPSA) is 55.7 Å². The Labute approximate surface area is 78.9 Å². The first-order valence-corrected chi connectivity index (χ1v) is 6.26. The minimum absolute atomic E-state index is 0.302. The lowest BCUT2D eigenvalue weighted by Crippen LogP contribution is -2.25. The molecule has 0 radical (unpaired) electrons. The highest BCUT2D eigenvalue weighted by atomic mass is 32.2. The van der Waals surface area contributed by atoms with Crippen LogP contribution >= 0.6 is 0 Å². The van der Waals surface area contributed by atoms with Crippen LogP contribution in [0, 0.1) is 5.92 Å². The third-order valence-electron chi connectivity index (χ3n) is 2.16. The molecular formula is C8H15NO3S. The van der Waals surface area contributed by atoms with E-state index in [0.29, 0.717) is 36.9 Å². The van der Waals surface area contributed by atoms with Gasteiger partial charge in [0.05, 0.1) is 11.5 Å². The van der Waals surface area contributed by atoms with Crippen LogP contribution in [0.3, 0.4) is 0 Å². The van der Waals surface area contributed by atoms with Gasteiger partial charge >= 0.3 is 0 Å². The molecule has 0 spiro atoms. The van der Waals surface area contributed by atoms with Crippen LogP contribution in [0.15, 0.2) is 5.16 Å². The Morgan fingerprint density at radius 1 is 1.46 bits per heavy atom. The van der Waals surface area contributed by atoms with Gasteiger partial charge in [-0.1, -0.05) is 5.16 Å². The summed E-state index contributed by atoms with van der Waals surface area (Å²) in [5, 5.41) is 3.63. The van der Waals surface area contributed by atoms with Crippen molar-refractivity contribution >= 4 is 16.1 Å². The van der Waals surface area contributed by atoms with Crippen LogP contribution in [0.25, 0.3) is 0 Å². The van der Waals surface area contributed by atoms with E-state index >= 15 is 0 Å². The molecule has 0 bridgehead atoms. The Bertz CT molecular complexity index is 257. The molecule has 76 valence electrons. The number of nitrogens with zero attached hydrogens (tertiary/aromatic N) is 1. The smallest absolute Gasteiger partial charge is 0.150 e. The second-order valence-corrected chi connectivity index (χ2v) is 5.56. The van der Waals surface area contributed by atoms with Gasteiger partial charge < -0.3 is 4.84 Å². The molecule has 0 unspecified atom stereocenters. The summed E-state index contributed by atoms with van der Waals surface area (Å²) in [4.78, 5) is 4.97. The molecule has 0 aromatic rings. The summed E-state index contributed by atoms with van der Waals surface area (Å²) in [6.45, 7) is 2.32. The first-order valence-electron chi connectivity index (χ1n) is 4.44. The Balaban J connectivity index is 2.25. The summed E-state index contributed by atoms with van der Waals surface area (Å²) in [6, 6.07) is 0. The van der Waals surface area contributed by atoms with Gasteiger partial charge in [-0.2, -0.15) is 0 Å². The van der Waals surface area contributed by atoms with E-state index in [9.17, 15) is 8.42 Å². The van der Waals surface area contributed by atoms with E-state index in [1.54, 1.807) is 13.1 Å². The molecule has 1 aliphatic heterocycles. The SMILES string of the molecule is CC=NOCC1CCS(=O)(=O)CC1. The summed E-state index contributed by atoms with van der Waals surface area (Å²) in [7, 11) is -2.74. The van der Waals surface area contributed by atoms with E-state index in [-0.39, 0.29) is 0 Å². The quantitative estimate of drug-likeness (QED) is 0.506. The fraction of sp³-hybridized carbons (Fsp3) is 0.875. The van der Waals surface area contributed by atoms with Gasteiger partial charge in [0, 0.05) is 6.21 Å². The minimum Gasteiger partial charge on any atom is -0.396 e. The second kappa shape index (κ2) is 4.60. The highest BCUT2D eigenvalue weighted by molar-refractivity contribution is 7.91. The lowest BCUT2D eigenvalue weighted by molar-refractivity contribution is 0.104. The largest absolute Gasteiger partial charge is 0.396 e. The highest BCUT2D eigenvalue weighted by Gasteiger charge is 2.23. The van der Waals surface area contributed by atoms with Crippen molar-refractivity contribution in [3.63, 3.8) is 0 Å². The van der Waals surface area contributed by atoms with Gasteiger partial charge in [0.2, 0.25) is 0 Å². The molecule has 4 nitrogen and oxygen atoms in total. The van der Waals surface area contributed by atoms with Crippen molar-refractivity contribution in [3.05, 3.63) is 0 Å². The molecule has 1 rings (SSSR count). The van der Waals surface area contributed by atoms with Crippen LogP contribution in [-0.4, -0.2) is 32.7 Å². The first-order chi connectivity index (χ1) is 6.14. The third kappa shape index (κ3) is 3.76. The molecule has 13 heavy (non-hydrogen) atoms. The van der Waals surface area contributed by atoms with Gasteiger partial charge in [-0.05, 0) is 25.7 Å². The number of rotatable bonds is 3. The van der Waals surface area contributed by atoms with E-state index in [4.69, 9.17) is 4.84 Å². The average Bonchev–Trinajstić information content (AvgIpc) is 2.08. The zero-order valence-electron chi connectivity index (χ0n) is 7.77. The molecule has 1 fully saturated rings. The van der Waals surface area contributed by atoms with Crippen LogP contribution in [-0.2, 0) is 14.7 Å². The summed E-state index contributed by atoms with van der Waals surface area (Å²) in [6.07, 6.45) is 3.00. The van der Waals surface area contributed by atoms with Crippen molar-refractivity contribution in [2.45, 2.75) is 19.8 Å². The number of sulfone groups is 1. The van der Waals surface area contributed by atoms with Gasteiger partial charge in [0.25, 0.3) is 0 Å². The lowest BCUT2D eigenvalue weighted by Gasteiger charge is -2.20. The maximum atomic E-state index is 11.1. The molecule has 1 heterocycles. The molecule has 1 aliphatic rings. The molecule has 0 aromatic carbocycles. The summed E-state index contributed by atoms with van der Waals surface area (Å²) >= 11 is 0. The normalized spacial score (nSPS) is 23.5. The number of hydrogen-bond donors (Lipinski definition) is 0. The van der Waals surface area contributed by atoms with E-state index in [1.165, 1.54) is 0 Å². The highest BCUT2D eigenvalue weighted by Crippen LogP contribution is 2.18. The van der Waals surface area contributed by atoms with Crippen molar-refractivity contribution in [1.29, 1.82) is 0 Å². The molecule has 0 atom stereocenters. The molecule has 1 saturated heterocycles. The Morgan fingerprint density at radius 2 is 2.08 bits per heavy atom. The van der Waals surface area contributed by atoms with E-state index in [0.717, 1.165) is 0 Å². The predicted octanol–water partition coefficient (Wildman–Crippen LogP) is 0.834. The van der Waals surface area contributed by atoms with Crippen LogP contribution in [0.4, 0.5) is 0 Å². The Kier molecular flexibility index (Phi) is 3.71. The summed E-state index contributed by atoms with van der Waals surface area (Å²) in [5.74, 6) is 0.959. The van der Waals surface area contributed by atoms with Gasteiger partial charge in [-0.15, -0.1) is 0 Å². The standard InChI is InChI=1S/C8H15NO3S/c1-2-9-12-7-8-3-5-13(10,11)6-4-8/h2,8H,3-7H2,1H3. The van der Waals surface area contributed by atoms with Gasteiger partial charge in [0.15, 0.2) is 0 Å². The molecule has 0 aliphatic carbocycles. The van der Waals surface area contributed by atoms with E-state index < -0.39 is 9.84 Å². The van der Waals surface area contributed by atoms with E-state index in [1.807, 2.05) is 0 Å². The zero-order valence-corrected chi connectivity index (χ0v) is 8.59. The first kappa shape index (κ1) is 10.5. The van der Waals surface area contributed by atoms with Crippen molar-refractivity contribution in [2.24, 2.45) is 11.1 Å². The molecule has 0 saturated carbocycles. The van der Waals surface area contributed by atoms with Crippen molar-refractivity contribution < 1.29 is 13.3 Å². The van der Waals surface area contributed by atoms with Crippen molar-refractivity contribution in [2.75, 3.05) is 18.1 Å². The number of oxime groups is 1. The molecule has 0 N–H and O–H groups in total. The maximum absolute atomic E-state index is 11.1. The Morgan fingerprint density at radius 3 is 2.62 bits per heavy atom. The summed E-state index contributed by atoms with van der Waals surface area (Å²) in [5.41, 5.74) is 0. The third-order valence-corrected chi connectivity index (χ3v) is 3.88. The summed E-state index contributed by atoms with van der Waals surface area (Å²) < 4.78 is 22.1. The van der Waals surface area contributed by atoms with Crippen molar-refractivity contribution in [1.82, 2.24) is 0 Å². The molecular weight excluding hydrogens is 190 g/mol. The average molecular weight is 205 g/mol. The van der Waals surface area contributed by atoms with Crippen LogP contribution in [0.1, 0.15) is 19.8 Å². The van der Waals surface area contributed by atoms with Crippen LogP contribution in [0.2, 0.25) is 0 Å². The fourth-order valence-corrected chi connectivity index (χ4v) is 2.92. The molecule has 0 aromatic heterocycles. The number of hydrogen-bond acceptors (Lipinski definition) is 4. The van der Waals surface area contributed by atoms with E-state index in [2.05, 4.69) is 5.16 Å². The second-order valence-electron chi connectivity index (χ2n) is 3.25. The monoisotopic (exact) mass is 205 g/mol. The Hall–Kier alpha value is -0.580. The fourth-order valence-electron chi connectivity index (χ4n) is 1.33. The molecule has 0 amide bonds. The molecule has 5 heteroatoms. The lowest BCUT2D eigenvalue weighted by atomic mass is 10.1. The van der Waals surface area contributed by atoms with Gasteiger partial charge in [0.1, 0.15) is 16.4 Å².